The lowest BCUT2D eigenvalue weighted by molar-refractivity contribution is -0.173. The average Bonchev–Trinajstić information content (AvgIpc) is 2.28. The van der Waals surface area contributed by atoms with Gasteiger partial charge in [0.1, 0.15) is 0 Å². The largest absolute Gasteiger partial charge is 0.471 e. The average molecular weight is 260 g/mol. The Bertz CT molecular complexity index is 441. The van der Waals surface area contributed by atoms with Crippen LogP contribution in [0.2, 0.25) is 0 Å². The topological polar surface area (TPSA) is 58.2 Å². The summed E-state index contributed by atoms with van der Waals surface area (Å²) >= 11 is 0. The fraction of sp³-hybridized carbons (Fsp3) is 0.273. The summed E-state index contributed by atoms with van der Waals surface area (Å²) in [6.45, 7) is 1.13. The quantitative estimate of drug-likeness (QED) is 0.867. The van der Waals surface area contributed by atoms with E-state index >= 15 is 0 Å². The van der Waals surface area contributed by atoms with Gasteiger partial charge in [-0.15, -0.1) is 0 Å². The molecule has 1 rings (SSSR count). The Balaban J connectivity index is 2.43. The summed E-state index contributed by atoms with van der Waals surface area (Å²) in [6, 6.07) is 6.70. The van der Waals surface area contributed by atoms with Crippen molar-refractivity contribution in [3.63, 3.8) is 0 Å². The Morgan fingerprint density at radius 2 is 1.72 bits per heavy atom. The standard InChI is InChI=1S/C11H11F3N2O2/c1-7-2-4-8(5-3-7)16-9(17)6-15-10(18)11(12,13)14/h2-5H,6H2,1H3,(H,15,18)(H,16,17). The lowest BCUT2D eigenvalue weighted by Gasteiger charge is -2.08. The molecule has 1 aromatic carbocycles. The first-order valence-corrected chi connectivity index (χ1v) is 5.00. The molecule has 1 aromatic rings. The molecule has 0 aromatic heterocycles. The van der Waals surface area contributed by atoms with E-state index < -0.39 is 24.5 Å². The van der Waals surface area contributed by atoms with Gasteiger partial charge in [-0.3, -0.25) is 9.59 Å². The van der Waals surface area contributed by atoms with Gasteiger partial charge < -0.3 is 10.6 Å². The minimum atomic E-state index is -4.98. The fourth-order valence-electron chi connectivity index (χ4n) is 1.10. The predicted octanol–water partition coefficient (Wildman–Crippen LogP) is 1.61. The first kappa shape index (κ1) is 14.0. The third-order valence-electron chi connectivity index (χ3n) is 2.00. The van der Waals surface area contributed by atoms with Crippen molar-refractivity contribution < 1.29 is 22.8 Å². The van der Waals surface area contributed by atoms with Crippen LogP contribution in [0.1, 0.15) is 5.56 Å². The third-order valence-corrected chi connectivity index (χ3v) is 2.00. The Morgan fingerprint density at radius 1 is 1.17 bits per heavy atom. The number of aryl methyl sites for hydroxylation is 1. The monoisotopic (exact) mass is 260 g/mol. The number of carbonyl (C=O) groups is 2. The van der Waals surface area contributed by atoms with Crippen LogP contribution in [0, 0.1) is 6.92 Å². The third kappa shape index (κ3) is 4.44. The van der Waals surface area contributed by atoms with Crippen molar-refractivity contribution in [2.75, 3.05) is 11.9 Å². The van der Waals surface area contributed by atoms with Crippen LogP contribution in [-0.4, -0.2) is 24.5 Å². The van der Waals surface area contributed by atoms with Gasteiger partial charge in [0.15, 0.2) is 0 Å². The van der Waals surface area contributed by atoms with Crippen molar-refractivity contribution in [1.29, 1.82) is 0 Å². The molecule has 7 heteroatoms. The van der Waals surface area contributed by atoms with Gasteiger partial charge in [0.05, 0.1) is 6.54 Å². The molecule has 2 N–H and O–H groups in total. The smallest absolute Gasteiger partial charge is 0.339 e. The number of nitrogens with one attached hydrogen (secondary N) is 2. The highest BCUT2D eigenvalue weighted by molar-refractivity contribution is 5.95. The van der Waals surface area contributed by atoms with Gasteiger partial charge in [-0.2, -0.15) is 13.2 Å². The van der Waals surface area contributed by atoms with Crippen molar-refractivity contribution in [2.45, 2.75) is 13.1 Å². The first-order valence-electron chi connectivity index (χ1n) is 5.00. The molecule has 0 unspecified atom stereocenters. The van der Waals surface area contributed by atoms with Gasteiger partial charge in [0, 0.05) is 5.69 Å². The summed E-state index contributed by atoms with van der Waals surface area (Å²) in [5, 5.41) is 3.83. The zero-order valence-electron chi connectivity index (χ0n) is 9.47. The molecule has 98 valence electrons. The zero-order chi connectivity index (χ0) is 13.8. The van der Waals surface area contributed by atoms with Crippen molar-refractivity contribution in [3.8, 4) is 0 Å². The van der Waals surface area contributed by atoms with Gasteiger partial charge in [-0.05, 0) is 19.1 Å². The highest BCUT2D eigenvalue weighted by atomic mass is 19.4. The summed E-state index contributed by atoms with van der Waals surface area (Å²) in [6.07, 6.45) is -4.98. The van der Waals surface area contributed by atoms with E-state index in [0.717, 1.165) is 5.56 Å². The minimum Gasteiger partial charge on any atom is -0.339 e. The van der Waals surface area contributed by atoms with Gasteiger partial charge in [-0.25, -0.2) is 0 Å². The minimum absolute atomic E-state index is 0.451. The van der Waals surface area contributed by atoms with E-state index in [4.69, 9.17) is 0 Å². The van der Waals surface area contributed by atoms with Crippen LogP contribution < -0.4 is 10.6 Å². The lowest BCUT2D eigenvalue weighted by atomic mass is 10.2. The Kier molecular flexibility index (Phi) is 4.30. The van der Waals surface area contributed by atoms with E-state index in [1.54, 1.807) is 24.3 Å². The number of carbonyl (C=O) groups excluding carboxylic acids is 2. The maximum Gasteiger partial charge on any atom is 0.471 e. The van der Waals surface area contributed by atoms with Gasteiger partial charge in [0.25, 0.3) is 0 Å². The van der Waals surface area contributed by atoms with E-state index in [2.05, 4.69) is 5.32 Å². The highest BCUT2D eigenvalue weighted by Crippen LogP contribution is 2.13. The van der Waals surface area contributed by atoms with Crippen LogP contribution in [-0.2, 0) is 9.59 Å². The summed E-state index contributed by atoms with van der Waals surface area (Å²) in [4.78, 5) is 21.7. The molecular weight excluding hydrogens is 249 g/mol. The Morgan fingerprint density at radius 3 is 2.22 bits per heavy atom. The molecule has 2 amide bonds. The molecule has 0 atom stereocenters. The van der Waals surface area contributed by atoms with E-state index in [-0.39, 0.29) is 0 Å². The number of rotatable bonds is 3. The Hall–Kier alpha value is -2.05. The summed E-state index contributed by atoms with van der Waals surface area (Å²) in [5.41, 5.74) is 1.44. The molecule has 0 aliphatic heterocycles. The number of hydrogen-bond donors (Lipinski definition) is 2. The van der Waals surface area contributed by atoms with Crippen molar-refractivity contribution >= 4 is 17.5 Å². The second-order valence-corrected chi connectivity index (χ2v) is 3.59. The van der Waals surface area contributed by atoms with Crippen molar-refractivity contribution in [1.82, 2.24) is 5.32 Å². The highest BCUT2D eigenvalue weighted by Gasteiger charge is 2.38. The molecule has 0 bridgehead atoms. The molecule has 4 nitrogen and oxygen atoms in total. The molecule has 0 aliphatic rings. The lowest BCUT2D eigenvalue weighted by Crippen LogP contribution is -2.41. The molecule has 0 aliphatic carbocycles. The number of amides is 2. The molecule has 0 radical (unpaired) electrons. The number of hydrogen-bond acceptors (Lipinski definition) is 2. The van der Waals surface area contributed by atoms with Crippen LogP contribution >= 0.6 is 0 Å². The number of anilines is 1. The van der Waals surface area contributed by atoms with Crippen molar-refractivity contribution in [3.05, 3.63) is 29.8 Å². The fourth-order valence-corrected chi connectivity index (χ4v) is 1.10. The Labute approximate surface area is 101 Å². The van der Waals surface area contributed by atoms with E-state index in [9.17, 15) is 22.8 Å². The molecule has 18 heavy (non-hydrogen) atoms. The van der Waals surface area contributed by atoms with Crippen LogP contribution in [0.3, 0.4) is 0 Å². The predicted molar refractivity (Wildman–Crippen MR) is 58.9 cm³/mol. The molecular formula is C11H11F3N2O2. The van der Waals surface area contributed by atoms with E-state index in [1.807, 2.05) is 6.92 Å². The summed E-state index contributed by atoms with van der Waals surface area (Å²) in [7, 11) is 0. The number of halogens is 3. The maximum atomic E-state index is 11.8. The molecule has 0 saturated heterocycles. The van der Waals surface area contributed by atoms with E-state index in [1.165, 1.54) is 5.32 Å². The molecule has 0 fully saturated rings. The summed E-state index contributed by atoms with van der Waals surface area (Å²) in [5.74, 6) is -2.86. The zero-order valence-corrected chi connectivity index (χ0v) is 9.47. The molecule has 0 spiro atoms. The second-order valence-electron chi connectivity index (χ2n) is 3.59. The normalized spacial score (nSPS) is 10.9. The van der Waals surface area contributed by atoms with Crippen LogP contribution in [0.25, 0.3) is 0 Å². The van der Waals surface area contributed by atoms with Crippen molar-refractivity contribution in [2.24, 2.45) is 0 Å². The molecule has 0 saturated carbocycles. The number of benzene rings is 1. The number of alkyl halides is 3. The SMILES string of the molecule is Cc1ccc(NC(=O)CNC(=O)C(F)(F)F)cc1. The van der Waals surface area contributed by atoms with E-state index in [0.29, 0.717) is 5.69 Å². The second kappa shape index (κ2) is 5.52. The first-order chi connectivity index (χ1) is 8.29. The van der Waals surface area contributed by atoms with Gasteiger partial charge in [-0.1, -0.05) is 17.7 Å². The summed E-state index contributed by atoms with van der Waals surface area (Å²) < 4.78 is 35.5. The van der Waals surface area contributed by atoms with Gasteiger partial charge >= 0.3 is 12.1 Å². The maximum absolute atomic E-state index is 11.8. The van der Waals surface area contributed by atoms with Crippen LogP contribution in [0.5, 0.6) is 0 Å². The molecule has 0 heterocycles. The van der Waals surface area contributed by atoms with Crippen LogP contribution in [0.4, 0.5) is 18.9 Å². The van der Waals surface area contributed by atoms with Gasteiger partial charge in [0.2, 0.25) is 5.91 Å². The van der Waals surface area contributed by atoms with Crippen LogP contribution in [0.15, 0.2) is 24.3 Å².